The van der Waals surface area contributed by atoms with Crippen molar-refractivity contribution in [2.45, 2.75) is 201 Å². The Labute approximate surface area is 802 Å². The second kappa shape index (κ2) is 51.2. The average Bonchev–Trinajstić information content (AvgIpc) is 1.62. The van der Waals surface area contributed by atoms with Crippen LogP contribution in [0.15, 0.2) is 152 Å². The third kappa shape index (κ3) is 30.8. The number of hydrogen-bond donors (Lipinski definition) is 17. The highest BCUT2D eigenvalue weighted by Crippen LogP contribution is 2.29. The lowest BCUT2D eigenvalue weighted by molar-refractivity contribution is -0.152. The number of benzene rings is 6. The largest absolute Gasteiger partial charge is 0.508 e. The number of phenols is 2. The highest BCUT2D eigenvalue weighted by atomic mass is 32.2. The number of rotatable bonds is 50. The van der Waals surface area contributed by atoms with Crippen LogP contribution in [0.1, 0.15) is 106 Å². The number of nitrogens with zero attached hydrogens (tertiary/aromatic N) is 5. The number of hydrogen-bond acceptors (Lipinski definition) is 23. The van der Waals surface area contributed by atoms with Crippen molar-refractivity contribution in [1.82, 2.24) is 72.0 Å². The second-order valence-corrected chi connectivity index (χ2v) is 35.8. The lowest BCUT2D eigenvalue weighted by Gasteiger charge is -2.37. The van der Waals surface area contributed by atoms with Crippen LogP contribution >= 0.6 is 11.8 Å². The molecule has 2 saturated heterocycles. The number of phenolic OH excluding ortho intramolecular Hbond substituents is 2. The van der Waals surface area contributed by atoms with E-state index >= 15 is 37.5 Å². The van der Waals surface area contributed by atoms with Gasteiger partial charge in [0.15, 0.2) is 17.5 Å². The molecule has 43 heteroatoms. The number of thioether (sulfide) groups is 1. The molecule has 0 spiro atoms. The summed E-state index contributed by atoms with van der Waals surface area (Å²) in [4.78, 5) is 250. The van der Waals surface area contributed by atoms with Gasteiger partial charge in [0.2, 0.25) is 82.7 Å². The summed E-state index contributed by atoms with van der Waals surface area (Å²) in [6, 6.07) is 14.7. The molecule has 6 aromatic carbocycles. The Kier molecular flexibility index (Phi) is 39.9. The molecule has 3 heterocycles. The molecule has 0 saturated carbocycles. The molecular formula is C96H117F3N16O23S. The number of H-pyrrole nitrogens is 1. The van der Waals surface area contributed by atoms with E-state index in [-0.39, 0.29) is 74.2 Å². The lowest BCUT2D eigenvalue weighted by atomic mass is 9.99. The number of β-amino-alcohol motifs (C(OH)–C–C–N with tert-alkyl or cyclic N) is 2. The standard InChI is InChI=1S/C96H117F3N16O23S/c1-7-8-23-74(95(137)115-48-63(120)43-76(115)90(132)104-59(49-116)42-82(125)126)111(4)94(136)78(40-54-19-13-10-14-20-54)113(6)92(134)71(38-57-34-65(97)83(99)66(98)35-57)105-80(122)51-139-50-73(85(127)103-46-79(100)121)110-86(128)68(32-33-81(123)124)106-87(129)69(36-55-24-28-60(117)29-25-55)107-88(130)70(41-58-45-102-67-22-16-15-21-64(58)67)108-91(133)77-44-62(119)47-114(77)93(135)72(37-56-26-30-61(118)31-27-56)109-89(131)75(39-53-17-11-9-12-18-53)112(5)96(138)84(101)52(2)3/h9-22,24-31,34-35,45,49,52,59,62-63,68-78,84,102,117-120H,7-8,23,32-33,36-44,46-48,50-51,101H2,1-6H3,(H2,100,121)(H,103,127)(H,104,132)(H,105,122)(H,106,129)(H,107,130)(H,108,133)(H,109,131)(H,110,128)(H,123,124)(H,125,126)/t59-,62+,63+,68-,69-,70-,71-,72-,73-,74-,75?,76+,77+,78-,84-/m0/s1. The molecule has 1 aromatic heterocycles. The fraction of sp³-hybridized carbons (Fsp3) is 0.427. The van der Waals surface area contributed by atoms with Crippen LogP contribution in [0.3, 0.4) is 0 Å². The van der Waals surface area contributed by atoms with Gasteiger partial charge in [0.25, 0.3) is 0 Å². The van der Waals surface area contributed by atoms with Gasteiger partial charge in [-0.25, -0.2) is 13.2 Å². The van der Waals surface area contributed by atoms with Crippen LogP contribution in [0.2, 0.25) is 0 Å². The number of halogens is 3. The highest BCUT2D eigenvalue weighted by Gasteiger charge is 2.48. The molecule has 0 aliphatic carbocycles. The molecule has 7 aromatic rings. The predicted molar refractivity (Wildman–Crippen MR) is 498 cm³/mol. The Morgan fingerprint density at radius 2 is 1.00 bits per heavy atom. The maximum absolute atomic E-state index is 15.5. The first-order chi connectivity index (χ1) is 66.0. The minimum atomic E-state index is -1.98. The summed E-state index contributed by atoms with van der Waals surface area (Å²) in [6.45, 7) is 3.42. The zero-order chi connectivity index (χ0) is 102. The van der Waals surface area contributed by atoms with Crippen LogP contribution in [0.5, 0.6) is 11.5 Å². The maximum Gasteiger partial charge on any atom is 0.305 e. The fourth-order valence-electron chi connectivity index (χ4n) is 16.3. The van der Waals surface area contributed by atoms with Crippen molar-refractivity contribution in [3.8, 4) is 11.5 Å². The molecule has 746 valence electrons. The number of aromatic nitrogens is 1. The molecule has 2 aliphatic heterocycles. The molecule has 19 N–H and O–H groups in total. The quantitative estimate of drug-likeness (QED) is 0.0183. The molecule has 15 atom stereocenters. The minimum absolute atomic E-state index is 0.0534. The van der Waals surface area contributed by atoms with Gasteiger partial charge in [-0.3, -0.25) is 76.7 Å². The number of nitrogens with two attached hydrogens (primary N) is 2. The number of carboxylic acids is 2. The number of aromatic hydroxyl groups is 2. The first kappa shape index (κ1) is 108. The summed E-state index contributed by atoms with van der Waals surface area (Å²) in [5.74, 6) is -24.7. The predicted octanol–water partition coefficient (Wildman–Crippen LogP) is 0.597. The Hall–Kier alpha value is -14.3. The molecule has 1 unspecified atom stereocenters. The number of aliphatic hydroxyl groups is 2. The van der Waals surface area contributed by atoms with Gasteiger partial charge < -0.3 is 119 Å². The SMILES string of the molecule is CCCC[C@@H](C(=O)N1C[C@H](O)C[C@@H]1C(=O)N[C@H](C=O)CC(=O)O)N(C)C(=O)[C@H](Cc1ccccc1)N(C)C(=O)[C@H](Cc1cc(F)c(F)c(F)c1)NC(=O)CSC[C@H](NC(=O)[C@H](CCC(=O)O)NC(=O)[C@H](Cc1ccc(O)cc1)NC(=O)[C@H](Cc1c[nH]c2ccccc12)NC(=O)[C@H]1C[C@@H](O)CN1C(=O)[C@H](Cc1ccc(O)cc1)NC(=O)C(Cc1ccccc1)N(C)C(=O)[C@@H](N)C(C)C)C(=O)NCC(N)=O. The summed E-state index contributed by atoms with van der Waals surface area (Å²) in [5.41, 5.74) is 14.0. The van der Waals surface area contributed by atoms with Gasteiger partial charge in [-0.15, -0.1) is 11.8 Å². The van der Waals surface area contributed by atoms with Crippen molar-refractivity contribution in [3.05, 3.63) is 203 Å². The fourth-order valence-corrected chi connectivity index (χ4v) is 17.2. The molecule has 2 fully saturated rings. The number of carbonyl (C=O) groups is 17. The molecule has 39 nitrogen and oxygen atoms in total. The topological polar surface area (TPSA) is 592 Å². The molecule has 9 rings (SSSR count). The Bertz CT molecular complexity index is 5530. The number of unbranched alkanes of at least 4 members (excludes halogenated alkanes) is 1. The van der Waals surface area contributed by atoms with Crippen molar-refractivity contribution < 1.29 is 125 Å². The molecule has 14 amide bonds. The van der Waals surface area contributed by atoms with E-state index in [2.05, 4.69) is 47.5 Å². The highest BCUT2D eigenvalue weighted by molar-refractivity contribution is 8.00. The number of aromatic amines is 1. The van der Waals surface area contributed by atoms with E-state index in [0.717, 1.165) is 26.6 Å². The average molecular weight is 1950 g/mol. The van der Waals surface area contributed by atoms with E-state index in [1.54, 1.807) is 112 Å². The number of carboxylic acid groups (broad SMARTS) is 2. The summed E-state index contributed by atoms with van der Waals surface area (Å²) >= 11 is 0.558. The van der Waals surface area contributed by atoms with Crippen LogP contribution in [0.4, 0.5) is 13.2 Å². The van der Waals surface area contributed by atoms with Gasteiger partial charge >= 0.3 is 11.9 Å². The zero-order valence-electron chi connectivity index (χ0n) is 77.2. The maximum atomic E-state index is 15.5. The molecule has 0 bridgehead atoms. The summed E-state index contributed by atoms with van der Waals surface area (Å²) in [6.07, 6.45) is -5.89. The van der Waals surface area contributed by atoms with Crippen molar-refractivity contribution in [2.75, 3.05) is 52.3 Å². The number of likely N-dealkylation sites (N-methyl/N-ethyl adjacent to an activating group) is 3. The number of carbonyl (C=O) groups excluding carboxylic acids is 15. The number of aliphatic hydroxyl groups excluding tert-OH is 2. The van der Waals surface area contributed by atoms with Crippen molar-refractivity contribution in [2.24, 2.45) is 17.4 Å². The van der Waals surface area contributed by atoms with E-state index in [1.165, 1.54) is 67.5 Å². The molecular weight excluding hydrogens is 1830 g/mol. The van der Waals surface area contributed by atoms with E-state index in [1.807, 2.05) is 0 Å². The molecule has 2 aliphatic rings. The van der Waals surface area contributed by atoms with E-state index in [9.17, 15) is 87.8 Å². The molecule has 139 heavy (non-hydrogen) atoms. The number of aldehydes is 1. The van der Waals surface area contributed by atoms with E-state index in [4.69, 9.17) is 11.5 Å². The number of para-hydroxylation sites is 1. The Morgan fingerprint density at radius 3 is 1.55 bits per heavy atom. The molecule has 0 radical (unpaired) electrons. The normalized spacial score (nSPS) is 16.9. The van der Waals surface area contributed by atoms with Gasteiger partial charge in [0.05, 0.1) is 43.0 Å². The first-order valence-electron chi connectivity index (χ1n) is 45.0. The number of amides is 14. The number of primary amides is 1. The minimum Gasteiger partial charge on any atom is -0.508 e. The number of aliphatic carboxylic acids is 2. The van der Waals surface area contributed by atoms with Gasteiger partial charge in [0, 0.05) is 115 Å². The van der Waals surface area contributed by atoms with Crippen LogP contribution in [0.25, 0.3) is 10.9 Å². The van der Waals surface area contributed by atoms with Gasteiger partial charge in [-0.1, -0.05) is 137 Å². The van der Waals surface area contributed by atoms with E-state index in [0.29, 0.717) is 63.5 Å². The monoisotopic (exact) mass is 1950 g/mol. The zero-order valence-corrected chi connectivity index (χ0v) is 78.1. The van der Waals surface area contributed by atoms with Crippen LogP contribution in [0, 0.1) is 23.4 Å². The number of likely N-dealkylation sites (tertiary alicyclic amines) is 2. The van der Waals surface area contributed by atoms with Gasteiger partial charge in [-0.2, -0.15) is 0 Å². The summed E-state index contributed by atoms with van der Waals surface area (Å²) in [7, 11) is 3.78. The van der Waals surface area contributed by atoms with Crippen molar-refractivity contribution >= 4 is 124 Å². The smallest absolute Gasteiger partial charge is 0.305 e. The van der Waals surface area contributed by atoms with Crippen LogP contribution < -0.4 is 54.0 Å². The number of fused-ring (bicyclic) bond motifs is 1. The summed E-state index contributed by atoms with van der Waals surface area (Å²) < 4.78 is 44.9. The second-order valence-electron chi connectivity index (χ2n) is 34.8. The Balaban J connectivity index is 0.977. The van der Waals surface area contributed by atoms with Crippen molar-refractivity contribution in [3.63, 3.8) is 0 Å². The van der Waals surface area contributed by atoms with Crippen molar-refractivity contribution in [1.29, 1.82) is 0 Å². The third-order valence-corrected chi connectivity index (χ3v) is 25.1. The van der Waals surface area contributed by atoms with Crippen LogP contribution in [-0.4, -0.2) is 304 Å². The third-order valence-electron chi connectivity index (χ3n) is 24.0. The van der Waals surface area contributed by atoms with Crippen LogP contribution in [-0.2, 0) is 120 Å². The van der Waals surface area contributed by atoms with E-state index < -0.39 is 278 Å². The lowest BCUT2D eigenvalue weighted by Crippen LogP contribution is -2.61. The van der Waals surface area contributed by atoms with Gasteiger partial charge in [-0.05, 0) is 94.6 Å². The summed E-state index contributed by atoms with van der Waals surface area (Å²) in [5, 5.41) is 83.1. The Morgan fingerprint density at radius 1 is 0.518 bits per heavy atom. The first-order valence-corrected chi connectivity index (χ1v) is 46.2. The number of nitrogens with one attached hydrogen (secondary N) is 9. The van der Waals surface area contributed by atoms with Gasteiger partial charge in [0.1, 0.15) is 84.2 Å².